The van der Waals surface area contributed by atoms with Gasteiger partial charge in [-0.25, -0.2) is 0 Å². The molecule has 0 aliphatic rings. The molecule has 2 rings (SSSR count). The van der Waals surface area contributed by atoms with Crippen LogP contribution in [0.5, 0.6) is 0 Å². The molecule has 0 saturated carbocycles. The molecule has 1 N–H and O–H groups in total. The van der Waals surface area contributed by atoms with Crippen molar-refractivity contribution in [3.63, 3.8) is 0 Å². The summed E-state index contributed by atoms with van der Waals surface area (Å²) in [6.45, 7) is 4.80. The van der Waals surface area contributed by atoms with Crippen LogP contribution in [0.1, 0.15) is 30.0 Å². The molecule has 0 saturated heterocycles. The van der Waals surface area contributed by atoms with Crippen molar-refractivity contribution < 1.29 is 4.52 Å². The molecule has 1 atom stereocenters. The van der Waals surface area contributed by atoms with Crippen molar-refractivity contribution in [1.82, 2.24) is 15.0 Å². The summed E-state index contributed by atoms with van der Waals surface area (Å²) in [5.41, 5.74) is 2.20. The molecule has 4 nitrogen and oxygen atoms in total. The zero-order valence-corrected chi connectivity index (χ0v) is 9.90. The maximum Gasteiger partial charge on any atom is 0.156 e. The lowest BCUT2D eigenvalue weighted by Crippen LogP contribution is -2.11. The van der Waals surface area contributed by atoms with Crippen molar-refractivity contribution in [2.75, 3.05) is 7.05 Å². The molecule has 1 unspecified atom stereocenters. The number of aromatic nitrogens is 2. The van der Waals surface area contributed by atoms with Crippen molar-refractivity contribution in [2.24, 2.45) is 0 Å². The van der Waals surface area contributed by atoms with Gasteiger partial charge in [-0.15, -0.1) is 0 Å². The summed E-state index contributed by atoms with van der Waals surface area (Å²) in [5.74, 6) is 0.886. The van der Waals surface area contributed by atoms with E-state index in [-0.39, 0.29) is 0 Å². The van der Waals surface area contributed by atoms with Crippen molar-refractivity contribution in [1.29, 1.82) is 0 Å². The van der Waals surface area contributed by atoms with Gasteiger partial charge in [-0.3, -0.25) is 0 Å². The summed E-state index contributed by atoms with van der Waals surface area (Å²) in [5, 5.41) is 7.08. The van der Waals surface area contributed by atoms with Crippen molar-refractivity contribution >= 4 is 0 Å². The SMILES string of the molecule is CNC(C)c1ccn(Cc2cc(C)no2)c1. The Bertz CT molecular complexity index is 458. The van der Waals surface area contributed by atoms with E-state index >= 15 is 0 Å². The van der Waals surface area contributed by atoms with E-state index in [0.29, 0.717) is 6.04 Å². The molecule has 2 aromatic rings. The normalized spacial score (nSPS) is 12.9. The van der Waals surface area contributed by atoms with Gasteiger partial charge in [0, 0.05) is 24.5 Å². The van der Waals surface area contributed by atoms with Gasteiger partial charge in [0.25, 0.3) is 0 Å². The molecule has 86 valence electrons. The second kappa shape index (κ2) is 4.53. The number of hydrogen-bond acceptors (Lipinski definition) is 3. The van der Waals surface area contributed by atoms with E-state index in [1.165, 1.54) is 5.56 Å². The lowest BCUT2D eigenvalue weighted by molar-refractivity contribution is 0.373. The maximum absolute atomic E-state index is 5.18. The molecule has 0 aromatic carbocycles. The maximum atomic E-state index is 5.18. The van der Waals surface area contributed by atoms with Gasteiger partial charge in [0.2, 0.25) is 0 Å². The fourth-order valence-electron chi connectivity index (χ4n) is 1.65. The van der Waals surface area contributed by atoms with Crippen molar-refractivity contribution in [3.05, 3.63) is 41.5 Å². The molecule has 0 radical (unpaired) electrons. The van der Waals surface area contributed by atoms with Gasteiger partial charge in [0.05, 0.1) is 12.2 Å². The molecule has 2 aromatic heterocycles. The number of hydrogen-bond donors (Lipinski definition) is 1. The van der Waals surface area contributed by atoms with E-state index in [4.69, 9.17) is 4.52 Å². The second-order valence-corrected chi connectivity index (χ2v) is 4.06. The Balaban J connectivity index is 2.08. The van der Waals surface area contributed by atoms with E-state index in [1.54, 1.807) is 0 Å². The first-order valence-electron chi connectivity index (χ1n) is 5.44. The Morgan fingerprint density at radius 2 is 2.38 bits per heavy atom. The molecule has 0 spiro atoms. The number of rotatable bonds is 4. The van der Waals surface area contributed by atoms with Crippen LogP contribution in [0.3, 0.4) is 0 Å². The zero-order valence-electron chi connectivity index (χ0n) is 9.90. The first kappa shape index (κ1) is 11.0. The Labute approximate surface area is 95.2 Å². The van der Waals surface area contributed by atoms with Crippen LogP contribution in [-0.4, -0.2) is 16.8 Å². The fraction of sp³-hybridized carbons (Fsp3) is 0.417. The Morgan fingerprint density at radius 1 is 1.56 bits per heavy atom. The Morgan fingerprint density at radius 3 is 3.00 bits per heavy atom. The van der Waals surface area contributed by atoms with Crippen molar-refractivity contribution in [2.45, 2.75) is 26.4 Å². The van der Waals surface area contributed by atoms with Gasteiger partial charge >= 0.3 is 0 Å². The van der Waals surface area contributed by atoms with Crippen LogP contribution < -0.4 is 5.32 Å². The smallest absolute Gasteiger partial charge is 0.156 e. The third-order valence-corrected chi connectivity index (χ3v) is 2.72. The average molecular weight is 219 g/mol. The van der Waals surface area contributed by atoms with E-state index < -0.39 is 0 Å². The highest BCUT2D eigenvalue weighted by atomic mass is 16.5. The van der Waals surface area contributed by atoms with E-state index in [1.807, 2.05) is 20.0 Å². The standard InChI is InChI=1S/C12H17N3O/c1-9-6-12(16-14-9)8-15-5-4-11(7-15)10(2)13-3/h4-7,10,13H,8H2,1-3H3. The predicted molar refractivity (Wildman–Crippen MR) is 62.2 cm³/mol. The molecule has 4 heteroatoms. The summed E-state index contributed by atoms with van der Waals surface area (Å²) < 4.78 is 7.28. The van der Waals surface area contributed by atoms with Crippen LogP contribution in [0.15, 0.2) is 29.0 Å². The topological polar surface area (TPSA) is 43.0 Å². The van der Waals surface area contributed by atoms with Gasteiger partial charge in [0.1, 0.15) is 0 Å². The molecule has 0 aliphatic heterocycles. The molecule has 0 amide bonds. The lowest BCUT2D eigenvalue weighted by Gasteiger charge is -2.06. The third-order valence-electron chi connectivity index (χ3n) is 2.72. The Kier molecular flexibility index (Phi) is 3.10. The summed E-state index contributed by atoms with van der Waals surface area (Å²) in [7, 11) is 1.96. The Hall–Kier alpha value is -1.55. The summed E-state index contributed by atoms with van der Waals surface area (Å²) in [4.78, 5) is 0. The van der Waals surface area contributed by atoms with Gasteiger partial charge in [0.15, 0.2) is 5.76 Å². The number of nitrogens with one attached hydrogen (secondary N) is 1. The van der Waals surface area contributed by atoms with Crippen LogP contribution in [0.2, 0.25) is 0 Å². The third kappa shape index (κ3) is 2.33. The monoisotopic (exact) mass is 219 g/mol. The van der Waals surface area contributed by atoms with E-state index in [9.17, 15) is 0 Å². The highest BCUT2D eigenvalue weighted by molar-refractivity contribution is 5.15. The van der Waals surface area contributed by atoms with Crippen molar-refractivity contribution in [3.8, 4) is 0 Å². The minimum atomic E-state index is 0.373. The minimum absolute atomic E-state index is 0.373. The summed E-state index contributed by atoms with van der Waals surface area (Å²) >= 11 is 0. The van der Waals surface area contributed by atoms with Crippen LogP contribution in [-0.2, 0) is 6.54 Å². The van der Waals surface area contributed by atoms with Gasteiger partial charge in [-0.1, -0.05) is 5.16 Å². The lowest BCUT2D eigenvalue weighted by atomic mass is 10.2. The largest absolute Gasteiger partial charge is 0.359 e. The first-order chi connectivity index (χ1) is 7.69. The highest BCUT2D eigenvalue weighted by Crippen LogP contribution is 2.13. The van der Waals surface area contributed by atoms with Crippen LogP contribution in [0.4, 0.5) is 0 Å². The zero-order chi connectivity index (χ0) is 11.5. The molecule has 0 bridgehead atoms. The second-order valence-electron chi connectivity index (χ2n) is 4.06. The predicted octanol–water partition coefficient (Wildman–Crippen LogP) is 2.11. The summed E-state index contributed by atoms with van der Waals surface area (Å²) in [6.07, 6.45) is 4.18. The van der Waals surface area contributed by atoms with Gasteiger partial charge in [-0.2, -0.15) is 0 Å². The quantitative estimate of drug-likeness (QED) is 0.856. The van der Waals surface area contributed by atoms with Gasteiger partial charge < -0.3 is 14.4 Å². The van der Waals surface area contributed by atoms with E-state index in [0.717, 1.165) is 18.0 Å². The molecule has 0 aliphatic carbocycles. The molecular weight excluding hydrogens is 202 g/mol. The number of nitrogens with zero attached hydrogens (tertiary/aromatic N) is 2. The highest BCUT2D eigenvalue weighted by Gasteiger charge is 2.06. The number of aryl methyl sites for hydroxylation is 1. The molecule has 16 heavy (non-hydrogen) atoms. The minimum Gasteiger partial charge on any atom is -0.359 e. The molecular formula is C12H17N3O. The summed E-state index contributed by atoms with van der Waals surface area (Å²) in [6, 6.07) is 4.45. The van der Waals surface area contributed by atoms with Gasteiger partial charge in [-0.05, 0) is 32.5 Å². The van der Waals surface area contributed by atoms with E-state index in [2.05, 4.69) is 40.4 Å². The fourth-order valence-corrected chi connectivity index (χ4v) is 1.65. The average Bonchev–Trinajstić information content (AvgIpc) is 2.87. The van der Waals surface area contributed by atoms with Crippen LogP contribution in [0, 0.1) is 6.92 Å². The van der Waals surface area contributed by atoms with Crippen LogP contribution in [0.25, 0.3) is 0 Å². The first-order valence-corrected chi connectivity index (χ1v) is 5.44. The molecule has 2 heterocycles. The molecule has 0 fully saturated rings. The van der Waals surface area contributed by atoms with Crippen LogP contribution >= 0.6 is 0 Å².